The molecule has 4 nitrogen and oxygen atoms in total. The van der Waals surface area contributed by atoms with E-state index in [1.54, 1.807) is 0 Å². The van der Waals surface area contributed by atoms with Crippen LogP contribution in [0.5, 0.6) is 0 Å². The number of guanidine groups is 1. The average Bonchev–Trinajstić information content (AvgIpc) is 2.74. The molecule has 1 atom stereocenters. The number of ether oxygens (including phenoxy) is 1. The summed E-state index contributed by atoms with van der Waals surface area (Å²) in [5, 5.41) is 6.61. The maximum atomic E-state index is 5.73. The number of aliphatic imine (C=N–C) groups is 1. The minimum absolute atomic E-state index is 0. The molecule has 1 saturated heterocycles. The van der Waals surface area contributed by atoms with Gasteiger partial charge >= 0.3 is 0 Å². The van der Waals surface area contributed by atoms with Gasteiger partial charge in [0.25, 0.3) is 0 Å². The van der Waals surface area contributed by atoms with Crippen LogP contribution in [0.15, 0.2) is 4.99 Å². The van der Waals surface area contributed by atoms with Gasteiger partial charge in [0.2, 0.25) is 0 Å². The highest BCUT2D eigenvalue weighted by molar-refractivity contribution is 14.0. The Hall–Kier alpha value is -0.0400. The Bertz CT molecular complexity index is 240. The predicted octanol–water partition coefficient (Wildman–Crippen LogP) is 2.53. The summed E-state index contributed by atoms with van der Waals surface area (Å²) in [7, 11) is 0. The molecular formula is C13H28IN3O. The maximum Gasteiger partial charge on any atom is 0.191 e. The van der Waals surface area contributed by atoms with Crippen LogP contribution in [0.1, 0.15) is 46.5 Å². The van der Waals surface area contributed by atoms with Crippen molar-refractivity contribution in [2.45, 2.75) is 52.1 Å². The van der Waals surface area contributed by atoms with Crippen molar-refractivity contribution in [2.75, 3.05) is 26.2 Å². The van der Waals surface area contributed by atoms with E-state index in [1.165, 1.54) is 12.8 Å². The van der Waals surface area contributed by atoms with E-state index in [4.69, 9.17) is 4.74 Å². The SMILES string of the molecule is CCCCNC(=NCC1(C)CCCO1)NCC.I. The summed E-state index contributed by atoms with van der Waals surface area (Å²) < 4.78 is 5.73. The first kappa shape index (κ1) is 18.0. The highest BCUT2D eigenvalue weighted by Crippen LogP contribution is 2.24. The smallest absolute Gasteiger partial charge is 0.191 e. The first-order chi connectivity index (χ1) is 8.20. The second kappa shape index (κ2) is 9.83. The number of unbranched alkanes of at least 4 members (excludes halogenated alkanes) is 1. The van der Waals surface area contributed by atoms with Gasteiger partial charge < -0.3 is 15.4 Å². The lowest BCUT2D eigenvalue weighted by molar-refractivity contribution is 0.0283. The van der Waals surface area contributed by atoms with Crippen molar-refractivity contribution in [2.24, 2.45) is 4.99 Å². The zero-order valence-corrected chi connectivity index (χ0v) is 14.3. The average molecular weight is 369 g/mol. The number of rotatable bonds is 6. The van der Waals surface area contributed by atoms with Gasteiger partial charge in [0.05, 0.1) is 12.1 Å². The van der Waals surface area contributed by atoms with Gasteiger partial charge in [0, 0.05) is 19.7 Å². The van der Waals surface area contributed by atoms with Crippen LogP contribution < -0.4 is 10.6 Å². The minimum atomic E-state index is -0.0485. The summed E-state index contributed by atoms with van der Waals surface area (Å²) in [6.07, 6.45) is 4.65. The van der Waals surface area contributed by atoms with Crippen LogP contribution in [0, 0.1) is 0 Å². The summed E-state index contributed by atoms with van der Waals surface area (Å²) >= 11 is 0. The Labute approximate surface area is 128 Å². The minimum Gasteiger partial charge on any atom is -0.373 e. The van der Waals surface area contributed by atoms with Gasteiger partial charge in [0.1, 0.15) is 0 Å². The normalized spacial score (nSPS) is 23.6. The van der Waals surface area contributed by atoms with Crippen LogP contribution in [0.2, 0.25) is 0 Å². The second-order valence-corrected chi connectivity index (χ2v) is 4.88. The molecule has 0 spiro atoms. The molecule has 1 heterocycles. The highest BCUT2D eigenvalue weighted by Gasteiger charge is 2.29. The Morgan fingerprint density at radius 2 is 2.11 bits per heavy atom. The lowest BCUT2D eigenvalue weighted by Crippen LogP contribution is -2.39. The van der Waals surface area contributed by atoms with E-state index in [0.717, 1.165) is 45.0 Å². The Morgan fingerprint density at radius 3 is 2.67 bits per heavy atom. The van der Waals surface area contributed by atoms with Gasteiger partial charge in [-0.2, -0.15) is 0 Å². The molecule has 0 aromatic rings. The van der Waals surface area contributed by atoms with Crippen LogP contribution in [-0.2, 0) is 4.74 Å². The van der Waals surface area contributed by atoms with Gasteiger partial charge in [-0.05, 0) is 33.1 Å². The van der Waals surface area contributed by atoms with Crippen molar-refractivity contribution in [3.8, 4) is 0 Å². The van der Waals surface area contributed by atoms with Crippen molar-refractivity contribution < 1.29 is 4.74 Å². The van der Waals surface area contributed by atoms with E-state index in [2.05, 4.69) is 36.4 Å². The number of nitrogens with zero attached hydrogens (tertiary/aromatic N) is 1. The number of nitrogens with one attached hydrogen (secondary N) is 2. The van der Waals surface area contributed by atoms with E-state index in [1.807, 2.05) is 0 Å². The van der Waals surface area contributed by atoms with Crippen molar-refractivity contribution >= 4 is 29.9 Å². The van der Waals surface area contributed by atoms with Crippen LogP contribution in [-0.4, -0.2) is 37.8 Å². The lowest BCUT2D eigenvalue weighted by atomic mass is 10.0. The molecule has 5 heteroatoms. The summed E-state index contributed by atoms with van der Waals surface area (Å²) in [6.45, 7) is 9.94. The highest BCUT2D eigenvalue weighted by atomic mass is 127. The zero-order chi connectivity index (χ0) is 12.6. The van der Waals surface area contributed by atoms with Crippen molar-refractivity contribution in [3.05, 3.63) is 0 Å². The number of hydrogen-bond acceptors (Lipinski definition) is 2. The molecule has 0 saturated carbocycles. The van der Waals surface area contributed by atoms with Crippen LogP contribution in [0.4, 0.5) is 0 Å². The van der Waals surface area contributed by atoms with Gasteiger partial charge in [-0.25, -0.2) is 0 Å². The first-order valence-electron chi connectivity index (χ1n) is 6.86. The molecule has 1 aliphatic heterocycles. The van der Waals surface area contributed by atoms with Crippen LogP contribution in [0.3, 0.4) is 0 Å². The van der Waals surface area contributed by atoms with Gasteiger partial charge in [-0.1, -0.05) is 13.3 Å². The Balaban J connectivity index is 0.00000289. The molecule has 0 amide bonds. The fourth-order valence-electron chi connectivity index (χ4n) is 1.93. The molecule has 1 fully saturated rings. The summed E-state index contributed by atoms with van der Waals surface area (Å²) in [4.78, 5) is 4.61. The van der Waals surface area contributed by atoms with Crippen molar-refractivity contribution in [1.82, 2.24) is 10.6 Å². The van der Waals surface area contributed by atoms with Crippen LogP contribution in [0.25, 0.3) is 0 Å². The third kappa shape index (κ3) is 6.78. The molecule has 108 valence electrons. The summed E-state index contributed by atoms with van der Waals surface area (Å²) in [5.41, 5.74) is -0.0485. The Kier molecular flexibility index (Phi) is 9.81. The zero-order valence-electron chi connectivity index (χ0n) is 11.9. The molecule has 1 unspecified atom stereocenters. The van der Waals surface area contributed by atoms with Crippen LogP contribution >= 0.6 is 24.0 Å². The molecule has 1 rings (SSSR count). The van der Waals surface area contributed by atoms with Gasteiger partial charge in [0.15, 0.2) is 5.96 Å². The molecule has 2 N–H and O–H groups in total. The molecule has 1 aliphatic rings. The topological polar surface area (TPSA) is 45.7 Å². The van der Waals surface area contributed by atoms with E-state index in [9.17, 15) is 0 Å². The van der Waals surface area contributed by atoms with E-state index < -0.39 is 0 Å². The second-order valence-electron chi connectivity index (χ2n) is 4.88. The molecule has 0 bridgehead atoms. The Morgan fingerprint density at radius 1 is 1.33 bits per heavy atom. The number of hydrogen-bond donors (Lipinski definition) is 2. The van der Waals surface area contributed by atoms with Crippen molar-refractivity contribution in [1.29, 1.82) is 0 Å². The molecule has 18 heavy (non-hydrogen) atoms. The first-order valence-corrected chi connectivity index (χ1v) is 6.86. The van der Waals surface area contributed by atoms with Gasteiger partial charge in [-0.3, -0.25) is 4.99 Å². The third-order valence-electron chi connectivity index (χ3n) is 3.04. The maximum absolute atomic E-state index is 5.73. The molecule has 0 radical (unpaired) electrons. The van der Waals surface area contributed by atoms with E-state index in [-0.39, 0.29) is 29.6 Å². The van der Waals surface area contributed by atoms with E-state index in [0.29, 0.717) is 0 Å². The molecule has 0 aromatic heterocycles. The van der Waals surface area contributed by atoms with E-state index >= 15 is 0 Å². The lowest BCUT2D eigenvalue weighted by Gasteiger charge is -2.21. The monoisotopic (exact) mass is 369 g/mol. The fourth-order valence-corrected chi connectivity index (χ4v) is 1.93. The standard InChI is InChI=1S/C13H27N3O.HI/c1-4-6-9-15-12(14-5-2)16-11-13(3)8-7-10-17-13;/h4-11H2,1-3H3,(H2,14,15,16);1H. The summed E-state index contributed by atoms with van der Waals surface area (Å²) in [6, 6.07) is 0. The molecule has 0 aromatic carbocycles. The van der Waals surface area contributed by atoms with Crippen molar-refractivity contribution in [3.63, 3.8) is 0 Å². The largest absolute Gasteiger partial charge is 0.373 e. The molecule has 0 aliphatic carbocycles. The predicted molar refractivity (Wildman–Crippen MR) is 87.9 cm³/mol. The fraction of sp³-hybridized carbons (Fsp3) is 0.923. The van der Waals surface area contributed by atoms with Gasteiger partial charge in [-0.15, -0.1) is 24.0 Å². The number of halogens is 1. The summed E-state index contributed by atoms with van der Waals surface area (Å²) in [5.74, 6) is 0.915. The quantitative estimate of drug-likeness (QED) is 0.327. The third-order valence-corrected chi connectivity index (χ3v) is 3.04. The molecular weight excluding hydrogens is 341 g/mol.